The van der Waals surface area contributed by atoms with Crippen LogP contribution < -0.4 is 5.32 Å². The van der Waals surface area contributed by atoms with E-state index in [2.05, 4.69) is 21.2 Å². The van der Waals surface area contributed by atoms with E-state index in [1.165, 1.54) is 18.2 Å². The number of nitrogens with one attached hydrogen (secondary N) is 1. The number of hydrogen-bond acceptors (Lipinski definition) is 2. The molecule has 1 fully saturated rings. The molecule has 1 atom stereocenters. The van der Waals surface area contributed by atoms with Gasteiger partial charge in [-0.3, -0.25) is 4.79 Å². The lowest BCUT2D eigenvalue weighted by molar-refractivity contribution is -0.141. The number of carboxylic acids is 1. The van der Waals surface area contributed by atoms with E-state index in [4.69, 9.17) is 0 Å². The van der Waals surface area contributed by atoms with Gasteiger partial charge < -0.3 is 10.4 Å². The number of hydrogen-bond donors (Lipinski definition) is 2. The fraction of sp³-hybridized carbons (Fsp3) is 0.467. The molecule has 0 spiro atoms. The molecule has 1 unspecified atom stereocenters. The number of halogens is 2. The average Bonchev–Trinajstić information content (AvgIpc) is 2.47. The molecule has 6 heteroatoms. The van der Waals surface area contributed by atoms with Crippen LogP contribution in [0.2, 0.25) is 0 Å². The highest BCUT2D eigenvalue weighted by atomic mass is 79.9. The van der Waals surface area contributed by atoms with Crippen LogP contribution in [0.5, 0.6) is 0 Å². The monoisotopic (exact) mass is 357 g/mol. The number of aliphatic carboxylic acids is 1. The quantitative estimate of drug-likeness (QED) is 0.868. The van der Waals surface area contributed by atoms with Crippen LogP contribution in [-0.4, -0.2) is 23.0 Å². The predicted octanol–water partition coefficient (Wildman–Crippen LogP) is 3.35. The molecule has 1 amide bonds. The largest absolute Gasteiger partial charge is 0.480 e. The number of carbonyl (C=O) groups is 2. The van der Waals surface area contributed by atoms with Crippen molar-refractivity contribution in [3.63, 3.8) is 0 Å². The summed E-state index contributed by atoms with van der Waals surface area (Å²) < 4.78 is 14.3. The van der Waals surface area contributed by atoms with Gasteiger partial charge in [0.05, 0.1) is 5.56 Å². The minimum atomic E-state index is -1.06. The zero-order valence-electron chi connectivity index (χ0n) is 11.4. The van der Waals surface area contributed by atoms with Crippen molar-refractivity contribution in [2.75, 3.05) is 0 Å². The molecule has 2 N–H and O–H groups in total. The molecule has 21 heavy (non-hydrogen) atoms. The standard InChI is InChI=1S/C15H17BrFNO3/c16-10-6-7-12(17)11(8-10)14(19)18-13(15(20)21)9-4-2-1-3-5-9/h6-9,13H,1-5H2,(H,18,19)(H,20,21). The second-order valence-electron chi connectivity index (χ2n) is 5.31. The van der Waals surface area contributed by atoms with E-state index in [1.807, 2.05) is 0 Å². The Labute approximate surface area is 130 Å². The molecule has 1 aliphatic carbocycles. The topological polar surface area (TPSA) is 66.4 Å². The zero-order valence-corrected chi connectivity index (χ0v) is 13.0. The Kier molecular flexibility index (Phi) is 5.33. The van der Waals surface area contributed by atoms with Crippen LogP contribution in [0, 0.1) is 11.7 Å². The lowest BCUT2D eigenvalue weighted by Gasteiger charge is -2.28. The van der Waals surface area contributed by atoms with Crippen LogP contribution in [-0.2, 0) is 4.79 Å². The third-order valence-corrected chi connectivity index (χ3v) is 4.34. The lowest BCUT2D eigenvalue weighted by atomic mass is 9.84. The van der Waals surface area contributed by atoms with E-state index in [0.717, 1.165) is 32.1 Å². The maximum absolute atomic E-state index is 13.7. The Bertz CT molecular complexity index is 544. The van der Waals surface area contributed by atoms with E-state index < -0.39 is 23.7 Å². The summed E-state index contributed by atoms with van der Waals surface area (Å²) >= 11 is 3.17. The SMILES string of the molecule is O=C(NC(C(=O)O)C1CCCCC1)c1cc(Br)ccc1F. The summed E-state index contributed by atoms with van der Waals surface area (Å²) in [7, 11) is 0. The van der Waals surface area contributed by atoms with Crippen molar-refractivity contribution in [1.29, 1.82) is 0 Å². The van der Waals surface area contributed by atoms with Crippen molar-refractivity contribution in [1.82, 2.24) is 5.32 Å². The van der Waals surface area contributed by atoms with Crippen LogP contribution in [0.1, 0.15) is 42.5 Å². The first-order chi connectivity index (χ1) is 9.99. The van der Waals surface area contributed by atoms with E-state index in [9.17, 15) is 19.1 Å². The van der Waals surface area contributed by atoms with Crippen molar-refractivity contribution in [3.05, 3.63) is 34.1 Å². The summed E-state index contributed by atoms with van der Waals surface area (Å²) in [5.41, 5.74) is -0.147. The highest BCUT2D eigenvalue weighted by molar-refractivity contribution is 9.10. The maximum Gasteiger partial charge on any atom is 0.326 e. The van der Waals surface area contributed by atoms with Crippen molar-refractivity contribution >= 4 is 27.8 Å². The van der Waals surface area contributed by atoms with Gasteiger partial charge in [-0.05, 0) is 37.0 Å². The summed E-state index contributed by atoms with van der Waals surface area (Å²) in [6.07, 6.45) is 4.58. The zero-order chi connectivity index (χ0) is 15.4. The van der Waals surface area contributed by atoms with Gasteiger partial charge in [0.2, 0.25) is 0 Å². The highest BCUT2D eigenvalue weighted by Gasteiger charge is 2.31. The van der Waals surface area contributed by atoms with Gasteiger partial charge in [-0.25, -0.2) is 9.18 Å². The first kappa shape index (κ1) is 15.9. The van der Waals surface area contributed by atoms with Gasteiger partial charge in [-0.15, -0.1) is 0 Å². The Balaban J connectivity index is 2.14. The molecule has 1 aromatic carbocycles. The molecule has 1 aliphatic rings. The molecule has 1 aromatic rings. The van der Waals surface area contributed by atoms with E-state index in [1.54, 1.807) is 0 Å². The summed E-state index contributed by atoms with van der Waals surface area (Å²) in [4.78, 5) is 23.5. The number of amides is 1. The van der Waals surface area contributed by atoms with Crippen LogP contribution in [0.4, 0.5) is 4.39 Å². The molecule has 0 heterocycles. The summed E-state index contributed by atoms with van der Waals surface area (Å²) in [6.45, 7) is 0. The molecular formula is C15H17BrFNO3. The number of rotatable bonds is 4. The fourth-order valence-electron chi connectivity index (χ4n) is 2.74. The van der Waals surface area contributed by atoms with Crippen LogP contribution >= 0.6 is 15.9 Å². The number of carbonyl (C=O) groups excluding carboxylic acids is 1. The Morgan fingerprint density at radius 3 is 2.57 bits per heavy atom. The fourth-order valence-corrected chi connectivity index (χ4v) is 3.10. The highest BCUT2D eigenvalue weighted by Crippen LogP contribution is 2.27. The molecule has 0 radical (unpaired) electrons. The Morgan fingerprint density at radius 2 is 1.95 bits per heavy atom. The molecule has 1 saturated carbocycles. The van der Waals surface area contributed by atoms with Crippen molar-refractivity contribution in [2.24, 2.45) is 5.92 Å². The van der Waals surface area contributed by atoms with Crippen LogP contribution in [0.15, 0.2) is 22.7 Å². The lowest BCUT2D eigenvalue weighted by Crippen LogP contribution is -2.46. The van der Waals surface area contributed by atoms with Gasteiger partial charge in [0.15, 0.2) is 0 Å². The van der Waals surface area contributed by atoms with Gasteiger partial charge in [0.25, 0.3) is 5.91 Å². The normalized spacial score (nSPS) is 17.2. The van der Waals surface area contributed by atoms with Gasteiger partial charge in [-0.2, -0.15) is 0 Å². The smallest absolute Gasteiger partial charge is 0.326 e. The maximum atomic E-state index is 13.7. The summed E-state index contributed by atoms with van der Waals surface area (Å²) in [5, 5.41) is 11.8. The van der Waals surface area contributed by atoms with Crippen molar-refractivity contribution in [2.45, 2.75) is 38.1 Å². The first-order valence-electron chi connectivity index (χ1n) is 6.98. The molecule has 114 valence electrons. The van der Waals surface area contributed by atoms with Crippen molar-refractivity contribution < 1.29 is 19.1 Å². The molecule has 0 aromatic heterocycles. The van der Waals surface area contributed by atoms with Crippen LogP contribution in [0.25, 0.3) is 0 Å². The number of carboxylic acid groups (broad SMARTS) is 1. The Morgan fingerprint density at radius 1 is 1.29 bits per heavy atom. The minimum Gasteiger partial charge on any atom is -0.480 e. The van der Waals surface area contributed by atoms with E-state index in [-0.39, 0.29) is 11.5 Å². The number of benzene rings is 1. The third kappa shape index (κ3) is 4.03. The van der Waals surface area contributed by atoms with Crippen molar-refractivity contribution in [3.8, 4) is 0 Å². The van der Waals surface area contributed by atoms with E-state index in [0.29, 0.717) is 4.47 Å². The van der Waals surface area contributed by atoms with E-state index >= 15 is 0 Å². The Hall–Kier alpha value is -1.43. The summed E-state index contributed by atoms with van der Waals surface area (Å²) in [5.74, 6) is -2.50. The molecule has 0 aliphatic heterocycles. The molecule has 4 nitrogen and oxygen atoms in total. The third-order valence-electron chi connectivity index (χ3n) is 3.85. The van der Waals surface area contributed by atoms with Gasteiger partial charge in [0.1, 0.15) is 11.9 Å². The molecule has 0 bridgehead atoms. The predicted molar refractivity (Wildman–Crippen MR) is 79.6 cm³/mol. The summed E-state index contributed by atoms with van der Waals surface area (Å²) in [6, 6.07) is 3.05. The second-order valence-corrected chi connectivity index (χ2v) is 6.23. The average molecular weight is 358 g/mol. The van der Waals surface area contributed by atoms with Gasteiger partial charge in [0, 0.05) is 4.47 Å². The molecule has 2 rings (SSSR count). The molecular weight excluding hydrogens is 341 g/mol. The van der Waals surface area contributed by atoms with Crippen LogP contribution in [0.3, 0.4) is 0 Å². The second kappa shape index (κ2) is 7.02. The molecule has 0 saturated heterocycles. The van der Waals surface area contributed by atoms with Gasteiger partial charge >= 0.3 is 5.97 Å². The first-order valence-corrected chi connectivity index (χ1v) is 7.77. The minimum absolute atomic E-state index is 0.0876. The van der Waals surface area contributed by atoms with Gasteiger partial charge in [-0.1, -0.05) is 35.2 Å².